The Morgan fingerprint density at radius 1 is 1.00 bits per heavy atom. The molecule has 1 aliphatic heterocycles. The van der Waals surface area contributed by atoms with Crippen LogP contribution >= 0.6 is 0 Å². The van der Waals surface area contributed by atoms with Crippen molar-refractivity contribution in [3.63, 3.8) is 0 Å². The fourth-order valence-electron chi connectivity index (χ4n) is 2.59. The van der Waals surface area contributed by atoms with Crippen LogP contribution in [0.2, 0.25) is 0 Å². The van der Waals surface area contributed by atoms with Gasteiger partial charge >= 0.3 is 0 Å². The number of benzene rings is 1. The maximum atomic E-state index is 12.7. The highest BCUT2D eigenvalue weighted by atomic mass is 32.2. The van der Waals surface area contributed by atoms with E-state index in [0.717, 1.165) is 13.1 Å². The van der Waals surface area contributed by atoms with Crippen molar-refractivity contribution in [3.05, 3.63) is 18.2 Å². The third-order valence-corrected chi connectivity index (χ3v) is 5.89. The molecule has 0 aromatic heterocycles. The molecule has 2 rings (SSSR count). The van der Waals surface area contributed by atoms with E-state index < -0.39 is 10.0 Å². The first-order chi connectivity index (χ1) is 10.4. The van der Waals surface area contributed by atoms with Crippen molar-refractivity contribution in [2.45, 2.75) is 24.8 Å². The Morgan fingerprint density at radius 2 is 1.59 bits per heavy atom. The molecular weight excluding hydrogens is 304 g/mol. The van der Waals surface area contributed by atoms with Crippen molar-refractivity contribution in [2.75, 3.05) is 40.4 Å². The van der Waals surface area contributed by atoms with Crippen LogP contribution in [0.1, 0.15) is 13.8 Å². The summed E-state index contributed by atoms with van der Waals surface area (Å²) >= 11 is 0. The Balaban J connectivity index is 2.21. The minimum Gasteiger partial charge on any atom is -0.493 e. The van der Waals surface area contributed by atoms with Crippen molar-refractivity contribution in [2.24, 2.45) is 0 Å². The summed E-state index contributed by atoms with van der Waals surface area (Å²) in [5, 5.41) is 0. The molecule has 0 aliphatic carbocycles. The first kappa shape index (κ1) is 17.1. The van der Waals surface area contributed by atoms with Gasteiger partial charge in [0.15, 0.2) is 11.5 Å². The summed E-state index contributed by atoms with van der Waals surface area (Å²) in [7, 11) is -0.477. The van der Waals surface area contributed by atoms with Crippen LogP contribution in [0.5, 0.6) is 11.5 Å². The molecule has 0 radical (unpaired) electrons. The third kappa shape index (κ3) is 3.37. The van der Waals surface area contributed by atoms with E-state index in [-0.39, 0.29) is 4.90 Å². The van der Waals surface area contributed by atoms with Crippen LogP contribution in [0.4, 0.5) is 0 Å². The molecule has 1 aliphatic rings. The average molecular weight is 328 g/mol. The van der Waals surface area contributed by atoms with Crippen LogP contribution in [0.15, 0.2) is 23.1 Å². The van der Waals surface area contributed by atoms with Crippen LogP contribution in [-0.4, -0.2) is 64.1 Å². The summed E-state index contributed by atoms with van der Waals surface area (Å²) in [6.07, 6.45) is 0. The summed E-state index contributed by atoms with van der Waals surface area (Å²) in [4.78, 5) is 2.52. The van der Waals surface area contributed by atoms with Gasteiger partial charge in [0.25, 0.3) is 0 Å². The predicted octanol–water partition coefficient (Wildman–Crippen LogP) is 1.42. The highest BCUT2D eigenvalue weighted by Gasteiger charge is 2.29. The summed E-state index contributed by atoms with van der Waals surface area (Å²) in [5.41, 5.74) is 0. The fourth-order valence-corrected chi connectivity index (χ4v) is 4.02. The monoisotopic (exact) mass is 328 g/mol. The quantitative estimate of drug-likeness (QED) is 0.818. The van der Waals surface area contributed by atoms with E-state index in [9.17, 15) is 8.42 Å². The molecule has 1 aromatic carbocycles. The molecule has 0 N–H and O–H groups in total. The number of piperazine rings is 1. The van der Waals surface area contributed by atoms with Crippen LogP contribution in [-0.2, 0) is 10.0 Å². The van der Waals surface area contributed by atoms with Gasteiger partial charge in [-0.15, -0.1) is 0 Å². The summed E-state index contributed by atoms with van der Waals surface area (Å²) in [6, 6.07) is 5.14. The lowest BCUT2D eigenvalue weighted by molar-refractivity contribution is 0.154. The zero-order chi connectivity index (χ0) is 16.3. The molecule has 1 saturated heterocycles. The van der Waals surface area contributed by atoms with E-state index in [1.165, 1.54) is 24.6 Å². The van der Waals surface area contributed by atoms with Crippen LogP contribution in [0.25, 0.3) is 0 Å². The molecule has 0 unspecified atom stereocenters. The zero-order valence-corrected chi connectivity index (χ0v) is 14.4. The van der Waals surface area contributed by atoms with Crippen molar-refractivity contribution in [1.29, 1.82) is 0 Å². The van der Waals surface area contributed by atoms with Gasteiger partial charge in [-0.1, -0.05) is 0 Å². The Labute approximate surface area is 132 Å². The predicted molar refractivity (Wildman–Crippen MR) is 85.0 cm³/mol. The summed E-state index contributed by atoms with van der Waals surface area (Å²) in [5.74, 6) is 0.940. The van der Waals surface area contributed by atoms with E-state index in [1.54, 1.807) is 12.1 Å². The van der Waals surface area contributed by atoms with Gasteiger partial charge in [0, 0.05) is 38.3 Å². The summed E-state index contributed by atoms with van der Waals surface area (Å²) in [6.45, 7) is 6.77. The maximum Gasteiger partial charge on any atom is 0.243 e. The number of hydrogen-bond donors (Lipinski definition) is 0. The second-order valence-corrected chi connectivity index (χ2v) is 7.49. The first-order valence-corrected chi connectivity index (χ1v) is 8.80. The zero-order valence-electron chi connectivity index (χ0n) is 13.6. The summed E-state index contributed by atoms with van der Waals surface area (Å²) < 4.78 is 37.4. The Bertz CT molecular complexity index is 608. The van der Waals surface area contributed by atoms with Crippen molar-refractivity contribution >= 4 is 10.0 Å². The van der Waals surface area contributed by atoms with Gasteiger partial charge in [-0.3, -0.25) is 4.90 Å². The topological polar surface area (TPSA) is 59.1 Å². The number of methoxy groups -OCH3 is 2. The molecular formula is C15H24N2O4S. The third-order valence-electron chi connectivity index (χ3n) is 4.00. The Morgan fingerprint density at radius 3 is 2.09 bits per heavy atom. The van der Waals surface area contributed by atoms with Gasteiger partial charge in [-0.2, -0.15) is 4.31 Å². The molecule has 0 amide bonds. The number of sulfonamides is 1. The highest BCUT2D eigenvalue weighted by Crippen LogP contribution is 2.30. The molecule has 7 heteroatoms. The number of hydrogen-bond acceptors (Lipinski definition) is 5. The van der Waals surface area contributed by atoms with Crippen molar-refractivity contribution in [1.82, 2.24) is 9.21 Å². The minimum atomic E-state index is -3.50. The van der Waals surface area contributed by atoms with Gasteiger partial charge in [-0.05, 0) is 26.0 Å². The highest BCUT2D eigenvalue weighted by molar-refractivity contribution is 7.89. The lowest BCUT2D eigenvalue weighted by Crippen LogP contribution is -2.50. The Hall–Kier alpha value is -1.31. The smallest absolute Gasteiger partial charge is 0.243 e. The molecule has 22 heavy (non-hydrogen) atoms. The van der Waals surface area contributed by atoms with E-state index in [2.05, 4.69) is 18.7 Å². The van der Waals surface area contributed by atoms with Gasteiger partial charge in [0.05, 0.1) is 19.1 Å². The largest absolute Gasteiger partial charge is 0.493 e. The number of ether oxygens (including phenoxy) is 2. The molecule has 1 heterocycles. The normalized spacial score (nSPS) is 17.7. The molecule has 0 saturated carbocycles. The molecule has 1 aromatic rings. The fraction of sp³-hybridized carbons (Fsp3) is 0.600. The van der Waals surface area contributed by atoms with E-state index in [0.29, 0.717) is 30.6 Å². The van der Waals surface area contributed by atoms with Gasteiger partial charge in [0.1, 0.15) is 0 Å². The van der Waals surface area contributed by atoms with Crippen LogP contribution < -0.4 is 9.47 Å². The molecule has 0 bridgehead atoms. The number of nitrogens with zero attached hydrogens (tertiary/aromatic N) is 2. The standard InChI is InChI=1S/C15H24N2O4S/c1-12(2)16-7-9-17(10-8-16)22(18,19)13-5-6-14(20-3)15(11-13)21-4/h5-6,11-12H,7-10H2,1-4H3. The molecule has 124 valence electrons. The molecule has 6 nitrogen and oxygen atoms in total. The molecule has 0 atom stereocenters. The van der Waals surface area contributed by atoms with Crippen molar-refractivity contribution < 1.29 is 17.9 Å². The maximum absolute atomic E-state index is 12.7. The second-order valence-electron chi connectivity index (χ2n) is 5.55. The lowest BCUT2D eigenvalue weighted by Gasteiger charge is -2.36. The minimum absolute atomic E-state index is 0.239. The van der Waals surface area contributed by atoms with Gasteiger partial charge < -0.3 is 9.47 Å². The van der Waals surface area contributed by atoms with E-state index in [1.807, 2.05) is 0 Å². The van der Waals surface area contributed by atoms with Gasteiger partial charge in [-0.25, -0.2) is 8.42 Å². The van der Waals surface area contributed by atoms with Gasteiger partial charge in [0.2, 0.25) is 10.0 Å². The van der Waals surface area contributed by atoms with Crippen LogP contribution in [0.3, 0.4) is 0 Å². The second kappa shape index (κ2) is 6.85. The molecule has 1 fully saturated rings. The Kier molecular flexibility index (Phi) is 5.31. The van der Waals surface area contributed by atoms with Crippen LogP contribution in [0, 0.1) is 0 Å². The SMILES string of the molecule is COc1ccc(S(=O)(=O)N2CCN(C(C)C)CC2)cc1OC. The first-order valence-electron chi connectivity index (χ1n) is 7.36. The molecule has 0 spiro atoms. The van der Waals surface area contributed by atoms with E-state index >= 15 is 0 Å². The average Bonchev–Trinajstić information content (AvgIpc) is 2.54. The van der Waals surface area contributed by atoms with E-state index in [4.69, 9.17) is 9.47 Å². The number of rotatable bonds is 5. The lowest BCUT2D eigenvalue weighted by atomic mass is 10.3. The van der Waals surface area contributed by atoms with Crippen molar-refractivity contribution in [3.8, 4) is 11.5 Å².